The zero-order valence-electron chi connectivity index (χ0n) is 12.2. The number of piperidine rings is 1. The van der Waals surface area contributed by atoms with Gasteiger partial charge in [0.1, 0.15) is 0 Å². The van der Waals surface area contributed by atoms with Gasteiger partial charge >= 0.3 is 0 Å². The zero-order valence-corrected chi connectivity index (χ0v) is 12.2. The van der Waals surface area contributed by atoms with Gasteiger partial charge in [-0.25, -0.2) is 0 Å². The summed E-state index contributed by atoms with van der Waals surface area (Å²) >= 11 is 0. The van der Waals surface area contributed by atoms with Crippen molar-refractivity contribution in [2.45, 2.75) is 25.7 Å². The molecule has 21 heavy (non-hydrogen) atoms. The lowest BCUT2D eigenvalue weighted by Crippen LogP contribution is -2.37. The summed E-state index contributed by atoms with van der Waals surface area (Å²) in [6, 6.07) is 10.0. The summed E-state index contributed by atoms with van der Waals surface area (Å²) in [5.74, 6) is 0.488. The van der Waals surface area contributed by atoms with Crippen LogP contribution in [0, 0.1) is 0 Å². The molecule has 0 N–H and O–H groups in total. The van der Waals surface area contributed by atoms with Crippen molar-refractivity contribution < 1.29 is 4.79 Å². The van der Waals surface area contributed by atoms with Gasteiger partial charge in [-0.1, -0.05) is 6.07 Å². The van der Waals surface area contributed by atoms with Crippen molar-refractivity contribution in [3.8, 4) is 11.3 Å². The number of likely N-dealkylation sites (tertiary alicyclic amines) is 1. The van der Waals surface area contributed by atoms with E-state index in [0.29, 0.717) is 5.92 Å². The molecule has 1 aliphatic heterocycles. The summed E-state index contributed by atoms with van der Waals surface area (Å²) in [4.78, 5) is 22.4. The van der Waals surface area contributed by atoms with Crippen LogP contribution < -0.4 is 0 Å². The van der Waals surface area contributed by atoms with Crippen LogP contribution in [0.4, 0.5) is 0 Å². The molecule has 0 radical (unpaired) electrons. The van der Waals surface area contributed by atoms with Crippen molar-refractivity contribution in [2.24, 2.45) is 0 Å². The van der Waals surface area contributed by atoms with Gasteiger partial charge in [0.15, 0.2) is 0 Å². The first kappa shape index (κ1) is 13.7. The van der Waals surface area contributed by atoms with E-state index in [0.717, 1.165) is 42.9 Å². The first-order valence-electron chi connectivity index (χ1n) is 7.37. The van der Waals surface area contributed by atoms with E-state index in [1.807, 2.05) is 35.4 Å². The van der Waals surface area contributed by atoms with E-state index in [4.69, 9.17) is 4.98 Å². The predicted molar refractivity (Wildman–Crippen MR) is 81.7 cm³/mol. The molecule has 0 saturated carbocycles. The molecule has 1 fully saturated rings. The maximum absolute atomic E-state index is 11.6. The molecule has 4 heteroatoms. The van der Waals surface area contributed by atoms with Gasteiger partial charge in [0, 0.05) is 49.6 Å². The average Bonchev–Trinajstić information content (AvgIpc) is 2.56. The number of carbonyl (C=O) groups is 1. The molecule has 3 heterocycles. The monoisotopic (exact) mass is 281 g/mol. The molecular weight excluding hydrogens is 262 g/mol. The second kappa shape index (κ2) is 6.04. The fourth-order valence-electron chi connectivity index (χ4n) is 2.86. The van der Waals surface area contributed by atoms with Gasteiger partial charge in [0.25, 0.3) is 0 Å². The van der Waals surface area contributed by atoms with Gasteiger partial charge in [-0.2, -0.15) is 0 Å². The number of nitrogens with zero attached hydrogens (tertiary/aromatic N) is 3. The highest BCUT2D eigenvalue weighted by Gasteiger charge is 2.23. The summed E-state index contributed by atoms with van der Waals surface area (Å²) in [6.45, 7) is 3.29. The van der Waals surface area contributed by atoms with Crippen LogP contribution in [0.3, 0.4) is 0 Å². The zero-order chi connectivity index (χ0) is 14.7. The van der Waals surface area contributed by atoms with Crippen molar-refractivity contribution in [1.29, 1.82) is 0 Å². The van der Waals surface area contributed by atoms with Crippen LogP contribution in [0.15, 0.2) is 42.7 Å². The van der Waals surface area contributed by atoms with Crippen molar-refractivity contribution in [3.05, 3.63) is 48.4 Å². The molecule has 0 aromatic carbocycles. The largest absolute Gasteiger partial charge is 0.342 e. The van der Waals surface area contributed by atoms with E-state index in [1.54, 1.807) is 13.1 Å². The Labute approximate surface area is 124 Å². The van der Waals surface area contributed by atoms with Gasteiger partial charge in [-0.05, 0) is 37.1 Å². The molecule has 3 rings (SSSR count). The van der Waals surface area contributed by atoms with Gasteiger partial charge in [0.05, 0.1) is 5.69 Å². The van der Waals surface area contributed by atoms with E-state index < -0.39 is 0 Å². The summed E-state index contributed by atoms with van der Waals surface area (Å²) in [6.07, 6.45) is 5.73. The molecule has 2 aromatic rings. The third kappa shape index (κ3) is 3.10. The molecule has 4 nitrogen and oxygen atoms in total. The van der Waals surface area contributed by atoms with Gasteiger partial charge in [-0.3, -0.25) is 14.8 Å². The van der Waals surface area contributed by atoms with E-state index in [2.05, 4.69) is 11.1 Å². The van der Waals surface area contributed by atoms with Gasteiger partial charge in [0.2, 0.25) is 5.91 Å². The number of hydrogen-bond donors (Lipinski definition) is 0. The van der Waals surface area contributed by atoms with E-state index in [9.17, 15) is 4.79 Å². The number of aromatic nitrogens is 2. The number of rotatable bonds is 2. The first-order chi connectivity index (χ1) is 10.2. The van der Waals surface area contributed by atoms with Crippen LogP contribution in [0.1, 0.15) is 31.4 Å². The SMILES string of the molecule is CC(=O)N1CCCC(c2cccc(-c3cccnc3)n2)C1. The lowest BCUT2D eigenvalue weighted by atomic mass is 9.94. The molecule has 2 aromatic heterocycles. The highest BCUT2D eigenvalue weighted by Crippen LogP contribution is 2.27. The van der Waals surface area contributed by atoms with E-state index in [-0.39, 0.29) is 5.91 Å². The molecular formula is C17H19N3O. The normalized spacial score (nSPS) is 18.5. The minimum atomic E-state index is 0.156. The minimum absolute atomic E-state index is 0.156. The third-order valence-electron chi connectivity index (χ3n) is 4.01. The highest BCUT2D eigenvalue weighted by molar-refractivity contribution is 5.73. The fraction of sp³-hybridized carbons (Fsp3) is 0.353. The maximum Gasteiger partial charge on any atom is 0.219 e. The molecule has 1 aliphatic rings. The minimum Gasteiger partial charge on any atom is -0.342 e. The first-order valence-corrected chi connectivity index (χ1v) is 7.37. The van der Waals surface area contributed by atoms with Crippen molar-refractivity contribution in [1.82, 2.24) is 14.9 Å². The third-order valence-corrected chi connectivity index (χ3v) is 4.01. The van der Waals surface area contributed by atoms with Gasteiger partial charge < -0.3 is 4.90 Å². The molecule has 0 spiro atoms. The molecule has 0 aliphatic carbocycles. The van der Waals surface area contributed by atoms with Crippen LogP contribution in [0.2, 0.25) is 0 Å². The molecule has 108 valence electrons. The van der Waals surface area contributed by atoms with Crippen molar-refractivity contribution in [2.75, 3.05) is 13.1 Å². The summed E-state index contributed by atoms with van der Waals surface area (Å²) in [7, 11) is 0. The quantitative estimate of drug-likeness (QED) is 0.850. The smallest absolute Gasteiger partial charge is 0.219 e. The topological polar surface area (TPSA) is 46.1 Å². The summed E-state index contributed by atoms with van der Waals surface area (Å²) < 4.78 is 0. The Morgan fingerprint density at radius 3 is 2.95 bits per heavy atom. The van der Waals surface area contributed by atoms with Crippen LogP contribution in [-0.2, 0) is 4.79 Å². The predicted octanol–water partition coefficient (Wildman–Crippen LogP) is 2.87. The number of pyridine rings is 2. The van der Waals surface area contributed by atoms with Crippen LogP contribution in [0.25, 0.3) is 11.3 Å². The molecule has 1 unspecified atom stereocenters. The Morgan fingerprint density at radius 1 is 1.29 bits per heavy atom. The molecule has 1 saturated heterocycles. The summed E-state index contributed by atoms with van der Waals surface area (Å²) in [5.41, 5.74) is 3.04. The lowest BCUT2D eigenvalue weighted by molar-refractivity contribution is -0.130. The number of carbonyl (C=O) groups excluding carboxylic acids is 1. The average molecular weight is 281 g/mol. The second-order valence-electron chi connectivity index (χ2n) is 5.49. The van der Waals surface area contributed by atoms with Crippen molar-refractivity contribution >= 4 is 5.91 Å². The van der Waals surface area contributed by atoms with E-state index >= 15 is 0 Å². The summed E-state index contributed by atoms with van der Waals surface area (Å²) in [5, 5.41) is 0. The number of hydrogen-bond acceptors (Lipinski definition) is 3. The lowest BCUT2D eigenvalue weighted by Gasteiger charge is -2.31. The fourth-order valence-corrected chi connectivity index (χ4v) is 2.86. The Hall–Kier alpha value is -2.23. The van der Waals surface area contributed by atoms with Crippen LogP contribution in [-0.4, -0.2) is 33.9 Å². The van der Waals surface area contributed by atoms with Crippen LogP contribution >= 0.6 is 0 Å². The Bertz CT molecular complexity index is 627. The molecule has 1 amide bonds. The molecule has 1 atom stereocenters. The van der Waals surface area contributed by atoms with Crippen LogP contribution in [0.5, 0.6) is 0 Å². The number of amides is 1. The van der Waals surface area contributed by atoms with E-state index in [1.165, 1.54) is 0 Å². The maximum atomic E-state index is 11.6. The van der Waals surface area contributed by atoms with Crippen molar-refractivity contribution in [3.63, 3.8) is 0 Å². The molecule has 0 bridgehead atoms. The second-order valence-corrected chi connectivity index (χ2v) is 5.49. The Kier molecular flexibility index (Phi) is 3.95. The Morgan fingerprint density at radius 2 is 2.19 bits per heavy atom. The highest BCUT2D eigenvalue weighted by atomic mass is 16.2. The standard InChI is InChI=1S/C17H19N3O/c1-13(21)20-10-4-6-15(12-20)17-8-2-7-16(19-17)14-5-3-9-18-11-14/h2-3,5,7-9,11,15H,4,6,10,12H2,1H3. The Balaban J connectivity index is 1.84. The van der Waals surface area contributed by atoms with Gasteiger partial charge in [-0.15, -0.1) is 0 Å².